The molecule has 1 saturated heterocycles. The molecule has 1 aliphatic rings. The van der Waals surface area contributed by atoms with Gasteiger partial charge in [0.05, 0.1) is 23.9 Å². The Morgan fingerprint density at radius 2 is 1.85 bits per heavy atom. The molecule has 1 aliphatic heterocycles. The van der Waals surface area contributed by atoms with Gasteiger partial charge in [-0.3, -0.25) is 9.69 Å². The van der Waals surface area contributed by atoms with Crippen LogP contribution >= 0.6 is 39.9 Å². The van der Waals surface area contributed by atoms with E-state index >= 15 is 0 Å². The van der Waals surface area contributed by atoms with Crippen molar-refractivity contribution >= 4 is 50.1 Å². The van der Waals surface area contributed by atoms with E-state index in [0.29, 0.717) is 28.8 Å². The molecule has 2 aromatic rings. The number of thiocarbonyl (C=S) groups is 1. The van der Waals surface area contributed by atoms with Crippen molar-refractivity contribution in [1.82, 2.24) is 4.90 Å². The summed E-state index contributed by atoms with van der Waals surface area (Å²) in [6, 6.07) is 13.9. The van der Waals surface area contributed by atoms with Gasteiger partial charge >= 0.3 is 0 Å². The molecule has 1 fully saturated rings. The van der Waals surface area contributed by atoms with Gasteiger partial charge in [0.1, 0.15) is 15.8 Å². The molecular weight excluding hydrogens is 446 g/mol. The Morgan fingerprint density at radius 1 is 1.15 bits per heavy atom. The summed E-state index contributed by atoms with van der Waals surface area (Å²) in [4.78, 5) is 14.6. The highest BCUT2D eigenvalue weighted by Gasteiger charge is 2.37. The smallest absolute Gasteiger partial charge is 0.241 e. The first-order valence-corrected chi connectivity index (χ1v) is 10.6. The van der Waals surface area contributed by atoms with Gasteiger partial charge in [-0.05, 0) is 46.0 Å². The van der Waals surface area contributed by atoms with Crippen molar-refractivity contribution in [2.24, 2.45) is 0 Å². The predicted molar refractivity (Wildman–Crippen MR) is 117 cm³/mol. The van der Waals surface area contributed by atoms with Gasteiger partial charge in [-0.1, -0.05) is 54.3 Å². The molecule has 0 radical (unpaired) electrons. The van der Waals surface area contributed by atoms with E-state index in [1.54, 1.807) is 19.1 Å². The van der Waals surface area contributed by atoms with Crippen LogP contribution in [0, 0.1) is 0 Å². The minimum Gasteiger partial charge on any atom is -0.496 e. The van der Waals surface area contributed by atoms with Crippen molar-refractivity contribution in [3.63, 3.8) is 0 Å². The van der Waals surface area contributed by atoms with Gasteiger partial charge < -0.3 is 9.47 Å². The van der Waals surface area contributed by atoms with Gasteiger partial charge in [-0.15, -0.1) is 0 Å². The van der Waals surface area contributed by atoms with Crippen molar-refractivity contribution in [3.05, 3.63) is 58.1 Å². The van der Waals surface area contributed by atoms with Crippen LogP contribution in [0.2, 0.25) is 0 Å². The van der Waals surface area contributed by atoms with Crippen molar-refractivity contribution in [2.45, 2.75) is 18.1 Å². The molecular formula is C20H20BrNO3S2. The van der Waals surface area contributed by atoms with E-state index in [-0.39, 0.29) is 11.2 Å². The Morgan fingerprint density at radius 3 is 2.52 bits per heavy atom. The molecule has 7 heteroatoms. The summed E-state index contributed by atoms with van der Waals surface area (Å²) in [5.41, 5.74) is 2.14. The molecule has 0 unspecified atom stereocenters. The summed E-state index contributed by atoms with van der Waals surface area (Å²) in [5, 5.41) is -0.234. The monoisotopic (exact) mass is 465 g/mol. The molecule has 0 bridgehead atoms. The predicted octanol–water partition coefficient (Wildman–Crippen LogP) is 4.48. The van der Waals surface area contributed by atoms with E-state index in [0.717, 1.165) is 16.5 Å². The van der Waals surface area contributed by atoms with Gasteiger partial charge in [0.25, 0.3) is 0 Å². The van der Waals surface area contributed by atoms with E-state index in [1.807, 2.05) is 30.3 Å². The fourth-order valence-electron chi connectivity index (χ4n) is 3.00. The number of methoxy groups -OCH3 is 2. The standard InChI is InChI=1S/C20H20BrNO3S2/c1-24-16-12-17(25-2)15(21)10-14(16)11-18-19(23)22(20(26)27-18)9-8-13-6-4-3-5-7-13/h3-7,10,12,18H,8-9,11H2,1-2H3/t18-/m1/s1. The molecule has 3 rings (SSSR count). The van der Waals surface area contributed by atoms with Crippen LogP contribution in [0.4, 0.5) is 0 Å². The molecule has 1 heterocycles. The van der Waals surface area contributed by atoms with Gasteiger partial charge in [0, 0.05) is 12.6 Å². The fraction of sp³-hybridized carbons (Fsp3) is 0.300. The summed E-state index contributed by atoms with van der Waals surface area (Å²) in [6.45, 7) is 0.606. The summed E-state index contributed by atoms with van der Waals surface area (Å²) < 4.78 is 12.3. The third-order valence-corrected chi connectivity index (χ3v) is 6.64. The minimum absolute atomic E-state index is 0.0647. The summed E-state index contributed by atoms with van der Waals surface area (Å²) in [7, 11) is 3.23. The number of thioether (sulfide) groups is 1. The second-order valence-electron chi connectivity index (χ2n) is 6.10. The van der Waals surface area contributed by atoms with Gasteiger partial charge in [0.2, 0.25) is 5.91 Å². The number of ether oxygens (including phenoxy) is 2. The lowest BCUT2D eigenvalue weighted by Gasteiger charge is -2.16. The maximum Gasteiger partial charge on any atom is 0.241 e. The molecule has 1 amide bonds. The van der Waals surface area contributed by atoms with E-state index in [9.17, 15) is 4.79 Å². The van der Waals surface area contributed by atoms with E-state index in [1.165, 1.54) is 17.3 Å². The average molecular weight is 466 g/mol. The topological polar surface area (TPSA) is 38.8 Å². The molecule has 0 spiro atoms. The highest BCUT2D eigenvalue weighted by Crippen LogP contribution is 2.37. The molecule has 27 heavy (non-hydrogen) atoms. The zero-order chi connectivity index (χ0) is 19.4. The largest absolute Gasteiger partial charge is 0.496 e. The second kappa shape index (κ2) is 9.08. The molecule has 0 aliphatic carbocycles. The van der Waals surface area contributed by atoms with Crippen LogP contribution in [-0.4, -0.2) is 41.1 Å². The summed E-state index contributed by atoms with van der Waals surface area (Å²) >= 11 is 10.4. The third kappa shape index (κ3) is 4.65. The zero-order valence-corrected chi connectivity index (χ0v) is 18.3. The average Bonchev–Trinajstić information content (AvgIpc) is 2.94. The van der Waals surface area contributed by atoms with Crippen molar-refractivity contribution in [2.75, 3.05) is 20.8 Å². The van der Waals surface area contributed by atoms with Gasteiger partial charge in [-0.25, -0.2) is 0 Å². The number of carbonyl (C=O) groups is 1. The number of halogens is 1. The number of rotatable bonds is 7. The van der Waals surface area contributed by atoms with Gasteiger partial charge in [0.15, 0.2) is 0 Å². The van der Waals surface area contributed by atoms with Crippen LogP contribution in [0.3, 0.4) is 0 Å². The second-order valence-corrected chi connectivity index (χ2v) is 8.79. The minimum atomic E-state index is -0.234. The maximum atomic E-state index is 12.9. The lowest BCUT2D eigenvalue weighted by Crippen LogP contribution is -2.33. The first kappa shape index (κ1) is 20.2. The number of carbonyl (C=O) groups excluding carboxylic acids is 1. The molecule has 0 aromatic heterocycles. The molecule has 142 valence electrons. The Kier molecular flexibility index (Phi) is 6.78. The number of benzene rings is 2. The van der Waals surface area contributed by atoms with Crippen LogP contribution in [0.25, 0.3) is 0 Å². The normalized spacial score (nSPS) is 16.7. The van der Waals surface area contributed by atoms with Crippen LogP contribution in [0.1, 0.15) is 11.1 Å². The number of nitrogens with zero attached hydrogens (tertiary/aromatic N) is 1. The number of hydrogen-bond donors (Lipinski definition) is 0. The van der Waals surface area contributed by atoms with Crippen LogP contribution in [0.15, 0.2) is 46.9 Å². The Hall–Kier alpha value is -1.57. The third-order valence-electron chi connectivity index (χ3n) is 4.43. The van der Waals surface area contributed by atoms with Crippen LogP contribution < -0.4 is 9.47 Å². The number of amides is 1. The van der Waals surface area contributed by atoms with Crippen molar-refractivity contribution < 1.29 is 14.3 Å². The summed E-state index contributed by atoms with van der Waals surface area (Å²) in [5.74, 6) is 1.47. The fourth-order valence-corrected chi connectivity index (χ4v) is 5.12. The zero-order valence-electron chi connectivity index (χ0n) is 15.1. The van der Waals surface area contributed by atoms with Crippen LogP contribution in [-0.2, 0) is 17.6 Å². The molecule has 0 N–H and O–H groups in total. The number of hydrogen-bond acceptors (Lipinski definition) is 5. The van der Waals surface area contributed by atoms with E-state index < -0.39 is 0 Å². The molecule has 1 atom stereocenters. The Labute approximate surface area is 177 Å². The lowest BCUT2D eigenvalue weighted by atomic mass is 10.1. The first-order valence-electron chi connectivity index (χ1n) is 8.49. The maximum absolute atomic E-state index is 12.9. The first-order chi connectivity index (χ1) is 13.0. The van der Waals surface area contributed by atoms with E-state index in [2.05, 4.69) is 28.1 Å². The Bertz CT molecular complexity index is 845. The highest BCUT2D eigenvalue weighted by molar-refractivity contribution is 9.10. The molecule has 0 saturated carbocycles. The molecule has 2 aromatic carbocycles. The highest BCUT2D eigenvalue weighted by atomic mass is 79.9. The van der Waals surface area contributed by atoms with Gasteiger partial charge in [-0.2, -0.15) is 0 Å². The quantitative estimate of drug-likeness (QED) is 0.563. The van der Waals surface area contributed by atoms with Crippen molar-refractivity contribution in [1.29, 1.82) is 0 Å². The lowest BCUT2D eigenvalue weighted by molar-refractivity contribution is -0.126. The summed E-state index contributed by atoms with van der Waals surface area (Å²) in [6.07, 6.45) is 1.34. The Balaban J connectivity index is 1.71. The van der Waals surface area contributed by atoms with Crippen molar-refractivity contribution in [3.8, 4) is 11.5 Å². The van der Waals surface area contributed by atoms with Crippen LogP contribution in [0.5, 0.6) is 11.5 Å². The molecule has 4 nitrogen and oxygen atoms in total. The van der Waals surface area contributed by atoms with E-state index in [4.69, 9.17) is 21.7 Å². The SMILES string of the molecule is COc1cc(OC)c(C[C@H]2SC(=S)N(CCc3ccccc3)C2=O)cc1Br.